The molecule has 0 unspecified atom stereocenters. The minimum Gasteiger partial charge on any atom is -0.508 e. The maximum Gasteiger partial charge on any atom is 0.346 e. The van der Waals surface area contributed by atoms with Gasteiger partial charge in [0, 0.05) is 0 Å². The average Bonchev–Trinajstić information content (AvgIpc) is 1.65. The van der Waals surface area contributed by atoms with E-state index in [2.05, 4.69) is 14.2 Å². The Hall–Kier alpha value is -14.6. The maximum atomic E-state index is 12.3. The van der Waals surface area contributed by atoms with Crippen LogP contribution in [0.4, 0.5) is 0 Å². The Kier molecular flexibility index (Phi) is 33.1. The summed E-state index contributed by atoms with van der Waals surface area (Å²) in [7, 11) is 0. The molecule has 0 atom stereocenters. The number of benzene rings is 11. The third kappa shape index (κ3) is 25.7. The minimum absolute atomic E-state index is 0.00917. The quantitative estimate of drug-likeness (QED) is 0.00952. The Morgan fingerprint density at radius 2 is 0.441 bits per heavy atom. The molecule has 0 aliphatic carbocycles. The van der Waals surface area contributed by atoms with E-state index in [1.807, 2.05) is 146 Å². The first-order valence-corrected chi connectivity index (χ1v) is 36.1. The Morgan fingerprint density at radius 1 is 0.237 bits per heavy atom. The number of hydrogen-bond acceptors (Lipinski definition) is 28. The summed E-state index contributed by atoms with van der Waals surface area (Å²) in [6.45, 7) is 1.13. The second-order valence-electron chi connectivity index (χ2n) is 24.6. The molecule has 29 heteroatoms. The molecule has 3 heterocycles. The number of esters is 8. The largest absolute Gasteiger partial charge is 0.508 e. The molecule has 29 nitrogen and oxygen atoms in total. The van der Waals surface area contributed by atoms with E-state index in [9.17, 15) is 43.2 Å². The summed E-state index contributed by atoms with van der Waals surface area (Å²) >= 11 is 0. The molecule has 0 spiro atoms. The van der Waals surface area contributed by atoms with Crippen LogP contribution in [0.1, 0.15) is 93.2 Å². The summed E-state index contributed by atoms with van der Waals surface area (Å²) in [4.78, 5) is 104. The highest BCUT2D eigenvalue weighted by Crippen LogP contribution is 2.31. The van der Waals surface area contributed by atoms with Crippen molar-refractivity contribution in [1.29, 1.82) is 0 Å². The Balaban J connectivity index is 0.000000183. The van der Waals surface area contributed by atoms with Gasteiger partial charge in [-0.1, -0.05) is 97.1 Å². The topological polar surface area (TPSA) is 437 Å². The Bertz CT molecular complexity index is 4820. The number of carbonyl (C=O) groups is 9. The van der Waals surface area contributed by atoms with Crippen molar-refractivity contribution in [3.63, 3.8) is 0 Å². The number of ether oxygens (including phenoxy) is 11. The second kappa shape index (κ2) is 44.8. The molecule has 3 aliphatic rings. The summed E-state index contributed by atoms with van der Waals surface area (Å²) in [6.07, 6.45) is 0. The fraction of sp³-hybridized carbons (Fsp3) is 0.157. The van der Waals surface area contributed by atoms with Crippen molar-refractivity contribution < 1.29 is 141 Å². The fourth-order valence-electron chi connectivity index (χ4n) is 10.8. The summed E-state index contributed by atoms with van der Waals surface area (Å²) in [5.74, 6) is -2.47. The molecule has 0 aromatic heterocycles. The lowest BCUT2D eigenvalue weighted by atomic mass is 10.1. The summed E-state index contributed by atoms with van der Waals surface area (Å²) in [6, 6.07) is 70.9. The molecule has 0 radical (unpaired) electrons. The van der Waals surface area contributed by atoms with E-state index < -0.39 is 53.7 Å². The van der Waals surface area contributed by atoms with Crippen molar-refractivity contribution in [2.24, 2.45) is 0 Å². The molecule has 0 amide bonds. The standard InChI is InChI=1S/C34H22O12.2C16H18O4.C12H10O2.C9H4O5.C2H6O2/c35-29(21-5-11-25-27(17-21)33(39)45-31(25)37)43-15-13-41-23-7-1-19(2-8-23)20-3-9-24(10-4-20)42-14-16-44-30(36)22-6-12-26-28(18-22)34(40)46-32(26)38;2*17-9-11-19-15-5-1-13(2-6-15)14-3-7-16(8-4-14)20-12-10-18;13-11-5-1-9(2-6-11)10-3-7-12(14)8-4-10;10-7(11)4-1-2-5-6(3-4)9(13)14-8(5)12;3-1-2-4/h1-12,17-18H,13-16H2;2*1-8,17-18H,9-12H2;1-8,13-14H;1-3H,(H,10,11);3-4H,1-2H2. The summed E-state index contributed by atoms with van der Waals surface area (Å²) in [5.41, 5.74) is 8.79. The average molecular weight is 1610 g/mol. The number of cyclic esters (lactones) is 6. The molecule has 9 N–H and O–H groups in total. The molecule has 14 rings (SSSR count). The molecule has 0 fully saturated rings. The lowest BCUT2D eigenvalue weighted by Crippen LogP contribution is -2.13. The van der Waals surface area contributed by atoms with Gasteiger partial charge in [-0.05, 0) is 196 Å². The summed E-state index contributed by atoms with van der Waals surface area (Å²) < 4.78 is 56.3. The van der Waals surface area contributed by atoms with Gasteiger partial charge in [0.05, 0.1) is 89.7 Å². The molecule has 11 aromatic rings. The highest BCUT2D eigenvalue weighted by Gasteiger charge is 2.33. The molecular weight excluding hydrogens is 1530 g/mol. The van der Waals surface area contributed by atoms with Gasteiger partial charge in [-0.2, -0.15) is 0 Å². The molecule has 608 valence electrons. The maximum absolute atomic E-state index is 12.3. The van der Waals surface area contributed by atoms with Crippen LogP contribution in [0.2, 0.25) is 0 Å². The third-order valence-electron chi connectivity index (χ3n) is 16.6. The van der Waals surface area contributed by atoms with Gasteiger partial charge < -0.3 is 98.1 Å². The van der Waals surface area contributed by atoms with Crippen molar-refractivity contribution in [3.05, 3.63) is 299 Å². The van der Waals surface area contributed by atoms with Crippen molar-refractivity contribution in [1.82, 2.24) is 0 Å². The first-order chi connectivity index (χ1) is 57.2. The zero-order valence-corrected chi connectivity index (χ0v) is 62.8. The van der Waals surface area contributed by atoms with E-state index in [1.54, 1.807) is 48.5 Å². The van der Waals surface area contributed by atoms with E-state index in [-0.39, 0.29) is 128 Å². The monoisotopic (exact) mass is 1610 g/mol. The zero-order chi connectivity index (χ0) is 84.3. The number of phenols is 2. The number of aromatic carboxylic acids is 1. The first-order valence-electron chi connectivity index (χ1n) is 36.1. The van der Waals surface area contributed by atoms with Gasteiger partial charge >= 0.3 is 53.7 Å². The molecule has 0 bridgehead atoms. The molecule has 0 saturated carbocycles. The van der Waals surface area contributed by atoms with E-state index in [4.69, 9.17) is 83.9 Å². The third-order valence-corrected chi connectivity index (χ3v) is 16.6. The number of hydrogen-bond donors (Lipinski definition) is 9. The lowest BCUT2D eigenvalue weighted by molar-refractivity contribution is 0.0424. The smallest absolute Gasteiger partial charge is 0.346 e. The van der Waals surface area contributed by atoms with Gasteiger partial charge in [-0.15, -0.1) is 0 Å². The van der Waals surface area contributed by atoms with E-state index in [0.29, 0.717) is 37.9 Å². The zero-order valence-electron chi connectivity index (χ0n) is 62.8. The van der Waals surface area contributed by atoms with Gasteiger partial charge in [0.2, 0.25) is 0 Å². The van der Waals surface area contributed by atoms with Gasteiger partial charge in [-0.25, -0.2) is 43.2 Å². The van der Waals surface area contributed by atoms with Gasteiger partial charge in [0.1, 0.15) is 98.9 Å². The van der Waals surface area contributed by atoms with Crippen LogP contribution in [0.5, 0.6) is 46.0 Å². The Labute approximate surface area is 673 Å². The van der Waals surface area contributed by atoms with Crippen LogP contribution in [0, 0.1) is 0 Å². The number of fused-ring (bicyclic) bond motifs is 3. The second-order valence-corrected chi connectivity index (χ2v) is 24.6. The highest BCUT2D eigenvalue weighted by atomic mass is 16.6. The SMILES string of the molecule is O=C(O)c1ccc2c(c1)C(=O)OC2=O.O=C(OCCOc1ccc(-c2ccc(OCCOC(=O)c3ccc4c(c3)C(=O)OC4=O)cc2)cc1)c1ccc2c(c1)C(=O)OC2=O.OCCO.OCCOc1ccc(-c2ccc(OCCO)cc2)cc1.OCCOc1ccc(-c2ccc(OCCO)cc2)cc1.Oc1ccc(-c2ccc(O)cc2)cc1. The van der Waals surface area contributed by atoms with Gasteiger partial charge in [0.25, 0.3) is 0 Å². The van der Waals surface area contributed by atoms with Gasteiger partial charge in [0.15, 0.2) is 0 Å². The number of aliphatic hydroxyl groups excluding tert-OH is 6. The first kappa shape index (κ1) is 87.4. The van der Waals surface area contributed by atoms with Crippen LogP contribution in [-0.2, 0) is 23.7 Å². The number of rotatable bonds is 28. The van der Waals surface area contributed by atoms with E-state index in [1.165, 1.54) is 48.5 Å². The van der Waals surface area contributed by atoms with E-state index in [0.717, 1.165) is 73.6 Å². The summed E-state index contributed by atoms with van der Waals surface area (Å²) in [5, 5.41) is 76.9. The number of carboxylic acid groups (broad SMARTS) is 1. The highest BCUT2D eigenvalue weighted by molar-refractivity contribution is 6.17. The number of phenolic OH excluding ortho intramolecular Hbond substituents is 2. The molecule has 3 aliphatic heterocycles. The number of aliphatic hydroxyl groups is 6. The molecule has 11 aromatic carbocycles. The minimum atomic E-state index is -1.15. The number of carbonyl (C=O) groups excluding carboxylic acids is 8. The molecule has 118 heavy (non-hydrogen) atoms. The van der Waals surface area contributed by atoms with Crippen LogP contribution in [0.25, 0.3) is 44.5 Å². The van der Waals surface area contributed by atoms with Crippen molar-refractivity contribution in [3.8, 4) is 90.5 Å². The van der Waals surface area contributed by atoms with Crippen molar-refractivity contribution in [2.75, 3.05) is 92.5 Å². The van der Waals surface area contributed by atoms with Crippen LogP contribution < -0.4 is 28.4 Å². The van der Waals surface area contributed by atoms with Crippen LogP contribution in [0.3, 0.4) is 0 Å². The number of carboxylic acids is 1. The van der Waals surface area contributed by atoms with Crippen molar-refractivity contribution >= 4 is 53.7 Å². The lowest BCUT2D eigenvalue weighted by Gasteiger charge is -2.10. The van der Waals surface area contributed by atoms with E-state index >= 15 is 0 Å². The predicted octanol–water partition coefficient (Wildman–Crippen LogP) is 11.1. The molecule has 0 saturated heterocycles. The van der Waals surface area contributed by atoms with Crippen LogP contribution >= 0.6 is 0 Å². The van der Waals surface area contributed by atoms with Crippen LogP contribution in [0.15, 0.2) is 249 Å². The fourth-order valence-corrected chi connectivity index (χ4v) is 10.8. The van der Waals surface area contributed by atoms with Crippen molar-refractivity contribution in [2.45, 2.75) is 0 Å². The Morgan fingerprint density at radius 3 is 0.661 bits per heavy atom. The predicted molar refractivity (Wildman–Crippen MR) is 422 cm³/mol. The normalized spacial score (nSPS) is 11.6. The van der Waals surface area contributed by atoms with Crippen LogP contribution in [-0.4, -0.2) is 192 Å². The molecular formula is C89H78O29. The number of aromatic hydroxyl groups is 2. The van der Waals surface area contributed by atoms with Gasteiger partial charge in [-0.3, -0.25) is 0 Å².